The first kappa shape index (κ1) is 12.4. The quantitative estimate of drug-likeness (QED) is 0.843. The molecule has 0 saturated carbocycles. The topological polar surface area (TPSA) is 44.1 Å². The van der Waals surface area contributed by atoms with Crippen molar-refractivity contribution < 1.29 is 4.74 Å². The number of ether oxygens (including phenoxy) is 1. The highest BCUT2D eigenvalue weighted by atomic mass is 35.5. The van der Waals surface area contributed by atoms with E-state index in [1.54, 1.807) is 0 Å². The van der Waals surface area contributed by atoms with Crippen molar-refractivity contribution in [3.8, 4) is 0 Å². The normalized spacial score (nSPS) is 14.2. The van der Waals surface area contributed by atoms with Crippen LogP contribution < -0.4 is 5.56 Å². The Morgan fingerprint density at radius 2 is 2.26 bits per heavy atom. The smallest absolute Gasteiger partial charge is 0.272 e. The van der Waals surface area contributed by atoms with Gasteiger partial charge in [-0.3, -0.25) is 9.36 Å². The molecule has 0 aliphatic carbocycles. The van der Waals surface area contributed by atoms with Crippen molar-refractivity contribution in [1.29, 1.82) is 0 Å². The van der Waals surface area contributed by atoms with Gasteiger partial charge in [0.2, 0.25) is 0 Å². The molecule has 1 aromatic carbocycles. The van der Waals surface area contributed by atoms with Crippen molar-refractivity contribution in [3.63, 3.8) is 0 Å². The number of rotatable bonds is 2. The summed E-state index contributed by atoms with van der Waals surface area (Å²) < 4.78 is 6.95. The Morgan fingerprint density at radius 3 is 3.16 bits per heavy atom. The summed E-state index contributed by atoms with van der Waals surface area (Å²) in [6.07, 6.45) is 3.82. The van der Waals surface area contributed by atoms with Gasteiger partial charge in [-0.15, -0.1) is 0 Å². The van der Waals surface area contributed by atoms with Crippen LogP contribution in [0.5, 0.6) is 0 Å². The zero-order valence-electron chi connectivity index (χ0n) is 10.3. The van der Waals surface area contributed by atoms with E-state index < -0.39 is 0 Å². The monoisotopic (exact) mass is 276 g/mol. The molecule has 4 nitrogen and oxygen atoms in total. The van der Waals surface area contributed by atoms with E-state index in [4.69, 9.17) is 16.3 Å². The first-order valence-electron chi connectivity index (χ1n) is 6.12. The predicted octanol–water partition coefficient (Wildman–Crippen LogP) is 2.02. The highest BCUT2D eigenvalue weighted by molar-refractivity contribution is 6.30. The van der Waals surface area contributed by atoms with Gasteiger partial charge in [0.1, 0.15) is 5.02 Å². The standard InChI is InChI=1S/C14H13ClN2O2/c15-13-6-16-9-17(14(13)18)7-10-1-2-11-3-4-19-8-12(11)5-10/h1-2,5-6,9H,3-4,7-8H2. The summed E-state index contributed by atoms with van der Waals surface area (Å²) in [5.41, 5.74) is 3.36. The van der Waals surface area contributed by atoms with Gasteiger partial charge in [-0.2, -0.15) is 0 Å². The van der Waals surface area contributed by atoms with E-state index in [-0.39, 0.29) is 10.6 Å². The van der Waals surface area contributed by atoms with Crippen LogP contribution in [0.4, 0.5) is 0 Å². The first-order valence-corrected chi connectivity index (χ1v) is 6.50. The minimum atomic E-state index is -0.217. The number of benzene rings is 1. The second-order valence-electron chi connectivity index (χ2n) is 4.58. The third-order valence-electron chi connectivity index (χ3n) is 3.26. The highest BCUT2D eigenvalue weighted by Gasteiger charge is 2.10. The van der Waals surface area contributed by atoms with Crippen LogP contribution in [0.3, 0.4) is 0 Å². The van der Waals surface area contributed by atoms with E-state index in [9.17, 15) is 4.79 Å². The minimum Gasteiger partial charge on any atom is -0.376 e. The van der Waals surface area contributed by atoms with Gasteiger partial charge in [-0.05, 0) is 23.1 Å². The molecule has 0 fully saturated rings. The van der Waals surface area contributed by atoms with Crippen molar-refractivity contribution in [2.24, 2.45) is 0 Å². The predicted molar refractivity (Wildman–Crippen MR) is 72.4 cm³/mol. The molecule has 0 amide bonds. The summed E-state index contributed by atoms with van der Waals surface area (Å²) in [6, 6.07) is 6.23. The molecule has 1 aliphatic heterocycles. The lowest BCUT2D eigenvalue weighted by Gasteiger charge is -2.17. The fraction of sp³-hybridized carbons (Fsp3) is 0.286. The van der Waals surface area contributed by atoms with Crippen LogP contribution in [0.2, 0.25) is 5.02 Å². The van der Waals surface area contributed by atoms with Gasteiger partial charge in [0.25, 0.3) is 5.56 Å². The van der Waals surface area contributed by atoms with Crippen molar-refractivity contribution in [2.45, 2.75) is 19.6 Å². The fourth-order valence-electron chi connectivity index (χ4n) is 2.25. The van der Waals surface area contributed by atoms with E-state index in [0.29, 0.717) is 13.2 Å². The molecule has 3 rings (SSSR count). The van der Waals surface area contributed by atoms with E-state index in [1.807, 2.05) is 6.07 Å². The highest BCUT2D eigenvalue weighted by Crippen LogP contribution is 2.18. The van der Waals surface area contributed by atoms with E-state index in [2.05, 4.69) is 17.1 Å². The second-order valence-corrected chi connectivity index (χ2v) is 4.99. The van der Waals surface area contributed by atoms with Crippen molar-refractivity contribution in [1.82, 2.24) is 9.55 Å². The summed E-state index contributed by atoms with van der Waals surface area (Å²) in [6.45, 7) is 1.90. The Kier molecular flexibility index (Phi) is 3.36. The summed E-state index contributed by atoms with van der Waals surface area (Å²) in [4.78, 5) is 15.8. The Bertz CT molecular complexity index is 667. The maximum Gasteiger partial charge on any atom is 0.272 e. The van der Waals surface area contributed by atoms with Gasteiger partial charge in [0.05, 0.1) is 32.3 Å². The first-order chi connectivity index (χ1) is 9.24. The average Bonchev–Trinajstić information content (AvgIpc) is 2.44. The van der Waals surface area contributed by atoms with E-state index >= 15 is 0 Å². The summed E-state index contributed by atoms with van der Waals surface area (Å²) in [5.74, 6) is 0. The molecule has 0 saturated heterocycles. The van der Waals surface area contributed by atoms with Crippen LogP contribution in [-0.2, 0) is 24.3 Å². The molecule has 0 radical (unpaired) electrons. The molecule has 1 aliphatic rings. The number of hydrogen-bond acceptors (Lipinski definition) is 3. The number of fused-ring (bicyclic) bond motifs is 1. The van der Waals surface area contributed by atoms with Crippen LogP contribution in [0.25, 0.3) is 0 Å². The molecule has 0 N–H and O–H groups in total. The van der Waals surface area contributed by atoms with Crippen LogP contribution >= 0.6 is 11.6 Å². The Labute approximate surface area is 115 Å². The summed E-state index contributed by atoms with van der Waals surface area (Å²) >= 11 is 5.78. The van der Waals surface area contributed by atoms with E-state index in [0.717, 1.165) is 18.6 Å². The van der Waals surface area contributed by atoms with Crippen LogP contribution in [-0.4, -0.2) is 16.2 Å². The lowest BCUT2D eigenvalue weighted by atomic mass is 10.0. The van der Waals surface area contributed by atoms with Crippen LogP contribution in [0, 0.1) is 0 Å². The third-order valence-corrected chi connectivity index (χ3v) is 3.52. The minimum absolute atomic E-state index is 0.142. The maximum absolute atomic E-state index is 11.8. The van der Waals surface area contributed by atoms with Crippen LogP contribution in [0.1, 0.15) is 16.7 Å². The third kappa shape index (κ3) is 2.55. The van der Waals surface area contributed by atoms with Gasteiger partial charge in [0.15, 0.2) is 0 Å². The molecule has 98 valence electrons. The molecule has 1 aromatic heterocycles. The molecule has 0 spiro atoms. The number of aromatic nitrogens is 2. The summed E-state index contributed by atoms with van der Waals surface area (Å²) in [5, 5.41) is 0.142. The van der Waals surface area contributed by atoms with Crippen molar-refractivity contribution in [3.05, 3.63) is 62.8 Å². The molecule has 19 heavy (non-hydrogen) atoms. The largest absolute Gasteiger partial charge is 0.376 e. The van der Waals surface area contributed by atoms with Crippen molar-refractivity contribution >= 4 is 11.6 Å². The number of hydrogen-bond donors (Lipinski definition) is 0. The van der Waals surface area contributed by atoms with Crippen LogP contribution in [0.15, 0.2) is 35.5 Å². The molecular weight excluding hydrogens is 264 g/mol. The molecule has 0 unspecified atom stereocenters. The van der Waals surface area contributed by atoms with Crippen molar-refractivity contribution in [2.75, 3.05) is 6.61 Å². The SMILES string of the molecule is O=c1c(Cl)cncn1Cc1ccc2c(c1)COCC2. The van der Waals surface area contributed by atoms with E-state index in [1.165, 1.54) is 28.2 Å². The Balaban J connectivity index is 1.91. The molecule has 0 bridgehead atoms. The van der Waals surface area contributed by atoms with Gasteiger partial charge >= 0.3 is 0 Å². The molecule has 0 atom stereocenters. The molecule has 5 heteroatoms. The fourth-order valence-corrected chi connectivity index (χ4v) is 2.42. The maximum atomic E-state index is 11.8. The van der Waals surface area contributed by atoms with Gasteiger partial charge < -0.3 is 4.74 Å². The Morgan fingerprint density at radius 1 is 1.37 bits per heavy atom. The zero-order chi connectivity index (χ0) is 13.2. The second kappa shape index (κ2) is 5.15. The number of nitrogens with zero attached hydrogens (tertiary/aromatic N) is 2. The van der Waals surface area contributed by atoms with Gasteiger partial charge in [-0.25, -0.2) is 4.98 Å². The molecule has 2 heterocycles. The average molecular weight is 277 g/mol. The number of halogens is 1. The lowest BCUT2D eigenvalue weighted by molar-refractivity contribution is 0.110. The van der Waals surface area contributed by atoms with Gasteiger partial charge in [-0.1, -0.05) is 29.8 Å². The summed E-state index contributed by atoms with van der Waals surface area (Å²) in [7, 11) is 0. The molecular formula is C14H13ClN2O2. The lowest BCUT2D eigenvalue weighted by Crippen LogP contribution is -2.21. The van der Waals surface area contributed by atoms with Gasteiger partial charge in [0, 0.05) is 0 Å². The zero-order valence-corrected chi connectivity index (χ0v) is 11.1. The Hall–Kier alpha value is -1.65. The molecule has 2 aromatic rings.